The minimum absolute atomic E-state index is 0.178. The number of amides is 1. The molecule has 0 aliphatic heterocycles. The highest BCUT2D eigenvalue weighted by atomic mass is 79.9. The van der Waals surface area contributed by atoms with Crippen LogP contribution in [-0.2, 0) is 0 Å². The maximum absolute atomic E-state index is 12.2. The van der Waals surface area contributed by atoms with Gasteiger partial charge in [-0.05, 0) is 42.8 Å². The van der Waals surface area contributed by atoms with Crippen LogP contribution < -0.4 is 5.32 Å². The summed E-state index contributed by atoms with van der Waals surface area (Å²) < 4.78 is 1.77. The molecule has 0 fully saturated rings. The van der Waals surface area contributed by atoms with Crippen molar-refractivity contribution in [1.82, 2.24) is 0 Å². The lowest BCUT2D eigenvalue weighted by atomic mass is 10.1. The number of benzene rings is 2. The number of hydrogen-bond donors (Lipinski definition) is 1. The summed E-state index contributed by atoms with van der Waals surface area (Å²) in [4.78, 5) is 12.2. The van der Waals surface area contributed by atoms with Crippen molar-refractivity contribution in [3.63, 3.8) is 0 Å². The van der Waals surface area contributed by atoms with Crippen LogP contribution in [-0.4, -0.2) is 5.91 Å². The van der Waals surface area contributed by atoms with Crippen LogP contribution in [0.5, 0.6) is 0 Å². The van der Waals surface area contributed by atoms with Gasteiger partial charge in [0, 0.05) is 14.5 Å². The fraction of sp³-hybridized carbons (Fsp3) is 0.0714. The number of hydrogen-bond acceptors (Lipinski definition) is 1. The van der Waals surface area contributed by atoms with Crippen LogP contribution in [0.4, 0.5) is 5.69 Å². The summed E-state index contributed by atoms with van der Waals surface area (Å²) in [7, 11) is 0. The van der Waals surface area contributed by atoms with Crippen LogP contribution >= 0.6 is 43.5 Å². The molecule has 0 aromatic heterocycles. The van der Waals surface area contributed by atoms with Gasteiger partial charge in [-0.1, -0.05) is 49.5 Å². The molecule has 2 aromatic rings. The lowest BCUT2D eigenvalue weighted by Crippen LogP contribution is -2.13. The number of nitrogens with one attached hydrogen (secondary N) is 1. The maximum Gasteiger partial charge on any atom is 0.256 e. The molecular weight excluding hydrogens is 393 g/mol. The SMILES string of the molecule is Cc1c(Br)cccc1C(=O)Nc1ccc(Br)cc1Cl. The van der Waals surface area contributed by atoms with E-state index < -0.39 is 0 Å². The Kier molecular flexibility index (Phi) is 4.66. The van der Waals surface area contributed by atoms with Crippen molar-refractivity contribution in [3.05, 3.63) is 61.5 Å². The molecule has 5 heteroatoms. The number of rotatable bonds is 2. The largest absolute Gasteiger partial charge is 0.321 e. The zero-order valence-corrected chi connectivity index (χ0v) is 13.9. The maximum atomic E-state index is 12.2. The molecule has 0 saturated carbocycles. The second kappa shape index (κ2) is 6.07. The summed E-state index contributed by atoms with van der Waals surface area (Å²) in [6, 6.07) is 10.8. The summed E-state index contributed by atoms with van der Waals surface area (Å²) in [6.07, 6.45) is 0. The molecule has 2 aromatic carbocycles. The summed E-state index contributed by atoms with van der Waals surface area (Å²) in [5, 5.41) is 3.30. The molecule has 1 N–H and O–H groups in total. The highest BCUT2D eigenvalue weighted by molar-refractivity contribution is 9.10. The molecular formula is C14H10Br2ClNO. The average molecular weight is 404 g/mol. The molecule has 0 aliphatic rings. The van der Waals surface area contributed by atoms with Gasteiger partial charge >= 0.3 is 0 Å². The third kappa shape index (κ3) is 3.38. The predicted molar refractivity (Wildman–Crippen MR) is 86.0 cm³/mol. The Morgan fingerprint density at radius 3 is 2.63 bits per heavy atom. The van der Waals surface area contributed by atoms with Gasteiger partial charge < -0.3 is 5.32 Å². The number of carbonyl (C=O) groups is 1. The van der Waals surface area contributed by atoms with Crippen LogP contribution in [0.2, 0.25) is 5.02 Å². The second-order valence-electron chi connectivity index (χ2n) is 3.99. The molecule has 2 nitrogen and oxygen atoms in total. The van der Waals surface area contributed by atoms with E-state index in [0.717, 1.165) is 14.5 Å². The molecule has 0 heterocycles. The Morgan fingerprint density at radius 1 is 1.21 bits per heavy atom. The van der Waals surface area contributed by atoms with Crippen LogP contribution in [0.1, 0.15) is 15.9 Å². The van der Waals surface area contributed by atoms with Crippen molar-refractivity contribution in [2.24, 2.45) is 0 Å². The van der Waals surface area contributed by atoms with Gasteiger partial charge in [0.05, 0.1) is 10.7 Å². The van der Waals surface area contributed by atoms with E-state index >= 15 is 0 Å². The van der Waals surface area contributed by atoms with E-state index in [1.807, 2.05) is 25.1 Å². The van der Waals surface area contributed by atoms with Crippen molar-refractivity contribution in [1.29, 1.82) is 0 Å². The van der Waals surface area contributed by atoms with Gasteiger partial charge in [-0.3, -0.25) is 4.79 Å². The summed E-state index contributed by atoms with van der Waals surface area (Å²) in [5.41, 5.74) is 2.11. The number of anilines is 1. The van der Waals surface area contributed by atoms with Crippen molar-refractivity contribution in [2.45, 2.75) is 6.92 Å². The lowest BCUT2D eigenvalue weighted by molar-refractivity contribution is 0.102. The quantitative estimate of drug-likeness (QED) is 0.712. The van der Waals surface area contributed by atoms with Crippen molar-refractivity contribution < 1.29 is 4.79 Å². The molecule has 98 valence electrons. The van der Waals surface area contributed by atoms with Crippen LogP contribution in [0.3, 0.4) is 0 Å². The minimum Gasteiger partial charge on any atom is -0.321 e. The average Bonchev–Trinajstić information content (AvgIpc) is 2.36. The molecule has 0 unspecified atom stereocenters. The highest BCUT2D eigenvalue weighted by Gasteiger charge is 2.12. The summed E-state index contributed by atoms with van der Waals surface area (Å²) in [6.45, 7) is 1.89. The van der Waals surface area contributed by atoms with E-state index in [9.17, 15) is 4.79 Å². The summed E-state index contributed by atoms with van der Waals surface area (Å²) in [5.74, 6) is -0.178. The third-order valence-electron chi connectivity index (χ3n) is 2.69. The Hall–Kier alpha value is -0.840. The zero-order chi connectivity index (χ0) is 14.0. The van der Waals surface area contributed by atoms with Crippen molar-refractivity contribution in [3.8, 4) is 0 Å². The van der Waals surface area contributed by atoms with Gasteiger partial charge in [-0.15, -0.1) is 0 Å². The first-order valence-electron chi connectivity index (χ1n) is 5.50. The van der Waals surface area contributed by atoms with Gasteiger partial charge in [0.15, 0.2) is 0 Å². The molecule has 0 radical (unpaired) electrons. The number of carbonyl (C=O) groups excluding carboxylic acids is 1. The topological polar surface area (TPSA) is 29.1 Å². The molecule has 0 atom stereocenters. The normalized spacial score (nSPS) is 10.3. The first-order chi connectivity index (χ1) is 8.99. The van der Waals surface area contributed by atoms with Crippen molar-refractivity contribution in [2.75, 3.05) is 5.32 Å². The van der Waals surface area contributed by atoms with Crippen molar-refractivity contribution >= 4 is 55.1 Å². The highest BCUT2D eigenvalue weighted by Crippen LogP contribution is 2.27. The molecule has 0 aliphatic carbocycles. The molecule has 2 rings (SSSR count). The minimum atomic E-state index is -0.178. The Bertz CT molecular complexity index is 643. The van der Waals surface area contributed by atoms with Gasteiger partial charge in [-0.2, -0.15) is 0 Å². The van der Waals surface area contributed by atoms with Gasteiger partial charge in [-0.25, -0.2) is 0 Å². The van der Waals surface area contributed by atoms with E-state index in [1.54, 1.807) is 18.2 Å². The molecule has 1 amide bonds. The Morgan fingerprint density at radius 2 is 1.95 bits per heavy atom. The van der Waals surface area contributed by atoms with Gasteiger partial charge in [0.2, 0.25) is 0 Å². The smallest absolute Gasteiger partial charge is 0.256 e. The standard InChI is InChI=1S/C14H10Br2ClNO/c1-8-10(3-2-4-11(8)16)14(19)18-13-6-5-9(15)7-12(13)17/h2-7H,1H3,(H,18,19). The third-order valence-corrected chi connectivity index (χ3v) is 4.36. The Balaban J connectivity index is 2.28. The second-order valence-corrected chi connectivity index (χ2v) is 6.17. The molecule has 0 bridgehead atoms. The van der Waals surface area contributed by atoms with Crippen LogP contribution in [0.25, 0.3) is 0 Å². The fourth-order valence-corrected chi connectivity index (χ4v) is 2.72. The zero-order valence-electron chi connectivity index (χ0n) is 10.0. The van der Waals surface area contributed by atoms with Crippen LogP contribution in [0.15, 0.2) is 45.3 Å². The van der Waals surface area contributed by atoms with E-state index in [1.165, 1.54) is 0 Å². The predicted octanol–water partition coefficient (Wildman–Crippen LogP) is 5.43. The van der Waals surface area contributed by atoms with Gasteiger partial charge in [0.25, 0.3) is 5.91 Å². The molecule has 0 saturated heterocycles. The lowest BCUT2D eigenvalue weighted by Gasteiger charge is -2.10. The van der Waals surface area contributed by atoms with E-state index in [2.05, 4.69) is 37.2 Å². The monoisotopic (exact) mass is 401 g/mol. The fourth-order valence-electron chi connectivity index (χ4n) is 1.63. The Labute approximate surface area is 133 Å². The molecule has 19 heavy (non-hydrogen) atoms. The van der Waals surface area contributed by atoms with E-state index in [4.69, 9.17) is 11.6 Å². The first-order valence-corrected chi connectivity index (χ1v) is 7.47. The van der Waals surface area contributed by atoms with Crippen LogP contribution in [0, 0.1) is 6.92 Å². The van der Waals surface area contributed by atoms with Gasteiger partial charge in [0.1, 0.15) is 0 Å². The molecule has 0 spiro atoms. The first kappa shape index (κ1) is 14.6. The van der Waals surface area contributed by atoms with E-state index in [-0.39, 0.29) is 5.91 Å². The van der Waals surface area contributed by atoms with E-state index in [0.29, 0.717) is 16.3 Å². The summed E-state index contributed by atoms with van der Waals surface area (Å²) >= 11 is 12.8. The number of halogens is 3.